The lowest BCUT2D eigenvalue weighted by Gasteiger charge is -2.13. The molecule has 0 aromatic heterocycles. The molecule has 90 valence electrons. The fourth-order valence-corrected chi connectivity index (χ4v) is 1.36. The molecule has 6 heteroatoms. The first-order valence-electron chi connectivity index (χ1n) is 4.34. The van der Waals surface area contributed by atoms with Crippen molar-refractivity contribution in [3.05, 3.63) is 42.0 Å². The monoisotopic (exact) mass is 273 g/mol. The number of aldehydes is 1. The maximum Gasteiger partial charge on any atom is 0.258 e. The number of benzene rings is 1. The number of nitrogens with zero attached hydrogens (tertiary/aromatic N) is 1. The van der Waals surface area contributed by atoms with Crippen molar-refractivity contribution in [1.29, 1.82) is 0 Å². The van der Waals surface area contributed by atoms with Crippen molar-refractivity contribution in [2.75, 3.05) is 4.90 Å². The Morgan fingerprint density at radius 1 is 0.882 bits per heavy atom. The topological polar surface area (TPSA) is 54.5 Å². The Kier molecular flexibility index (Phi) is 5.58. The third-order valence-corrected chi connectivity index (χ3v) is 2.10. The normalized spacial score (nSPS) is 13.1. The summed E-state index contributed by atoms with van der Waals surface area (Å²) in [7, 11) is 0. The number of carbonyl (C=O) groups is 3. The van der Waals surface area contributed by atoms with Crippen molar-refractivity contribution in [3.63, 3.8) is 0 Å². The predicted octanol–water partition coefficient (Wildman–Crippen LogP) is 1.77. The molecule has 4 nitrogen and oxygen atoms in total. The van der Waals surface area contributed by atoms with Crippen LogP contribution in [-0.4, -0.2) is 18.1 Å². The van der Waals surface area contributed by atoms with E-state index in [-0.39, 0.29) is 36.6 Å². The van der Waals surface area contributed by atoms with Gasteiger partial charge in [-0.25, -0.2) is 4.90 Å². The summed E-state index contributed by atoms with van der Waals surface area (Å²) in [6.45, 7) is 0. The molecule has 0 N–H and O–H groups in total. The molecule has 0 bridgehead atoms. The third kappa shape index (κ3) is 2.93. The fourth-order valence-electron chi connectivity index (χ4n) is 1.36. The minimum Gasteiger partial charge on any atom is -0.298 e. The summed E-state index contributed by atoms with van der Waals surface area (Å²) >= 11 is 0. The second-order valence-corrected chi connectivity index (χ2v) is 3.05. The van der Waals surface area contributed by atoms with E-state index in [0.717, 1.165) is 4.90 Å². The number of hydrogen-bond donors (Lipinski definition) is 0. The molecule has 1 heterocycles. The highest BCUT2D eigenvalue weighted by Crippen LogP contribution is 2.18. The number of imide groups is 1. The molecule has 0 saturated carbocycles. The van der Waals surface area contributed by atoms with Crippen molar-refractivity contribution in [1.82, 2.24) is 0 Å². The van der Waals surface area contributed by atoms with Crippen LogP contribution in [0.1, 0.15) is 10.4 Å². The number of carbonyl (C=O) groups excluding carboxylic acids is 3. The predicted molar refractivity (Wildman–Crippen MR) is 68.0 cm³/mol. The molecule has 0 unspecified atom stereocenters. The molecule has 2 rings (SSSR count). The highest BCUT2D eigenvalue weighted by molar-refractivity contribution is 6.28. The van der Waals surface area contributed by atoms with Crippen LogP contribution in [0.5, 0.6) is 0 Å². The van der Waals surface area contributed by atoms with Crippen LogP contribution in [0.4, 0.5) is 5.69 Å². The zero-order chi connectivity index (χ0) is 10.8. The number of halogens is 2. The van der Waals surface area contributed by atoms with Gasteiger partial charge in [-0.15, -0.1) is 24.8 Å². The van der Waals surface area contributed by atoms with Gasteiger partial charge in [0.15, 0.2) is 0 Å². The van der Waals surface area contributed by atoms with Gasteiger partial charge in [0.2, 0.25) is 0 Å². The van der Waals surface area contributed by atoms with E-state index in [1.165, 1.54) is 12.2 Å². The summed E-state index contributed by atoms with van der Waals surface area (Å²) in [5, 5.41) is 0. The van der Waals surface area contributed by atoms with Gasteiger partial charge >= 0.3 is 0 Å². The molecule has 0 radical (unpaired) electrons. The molecule has 2 amide bonds. The summed E-state index contributed by atoms with van der Waals surface area (Å²) in [4.78, 5) is 34.0. The number of hydrogen-bond acceptors (Lipinski definition) is 3. The summed E-state index contributed by atoms with van der Waals surface area (Å²) in [6.07, 6.45) is 3.14. The average molecular weight is 274 g/mol. The van der Waals surface area contributed by atoms with E-state index in [2.05, 4.69) is 0 Å². The Hall–Kier alpha value is -1.65. The Balaban J connectivity index is 0.00000128. The molecule has 0 aliphatic carbocycles. The average Bonchev–Trinajstić information content (AvgIpc) is 2.59. The Morgan fingerprint density at radius 3 is 1.76 bits per heavy atom. The second kappa shape index (κ2) is 6.18. The quantitative estimate of drug-likeness (QED) is 0.610. The maximum absolute atomic E-state index is 11.3. The van der Waals surface area contributed by atoms with E-state index < -0.39 is 0 Å². The smallest absolute Gasteiger partial charge is 0.258 e. The van der Waals surface area contributed by atoms with E-state index in [4.69, 9.17) is 0 Å². The standard InChI is InChI=1S/C11H7NO3.2ClH/c13-7-8-1-3-9(4-2-8)12-10(14)5-6-11(12)15;;/h1-7H;2*1H. The minimum absolute atomic E-state index is 0. The van der Waals surface area contributed by atoms with E-state index in [1.807, 2.05) is 0 Å². The van der Waals surface area contributed by atoms with Gasteiger partial charge in [-0.1, -0.05) is 0 Å². The highest BCUT2D eigenvalue weighted by atomic mass is 35.5. The Bertz CT molecular complexity index is 450. The molecule has 1 aliphatic rings. The number of anilines is 1. The first-order valence-corrected chi connectivity index (χ1v) is 4.34. The van der Waals surface area contributed by atoms with Gasteiger partial charge < -0.3 is 0 Å². The van der Waals surface area contributed by atoms with E-state index in [1.54, 1.807) is 24.3 Å². The van der Waals surface area contributed by atoms with Crippen molar-refractivity contribution in [2.24, 2.45) is 0 Å². The van der Waals surface area contributed by atoms with Crippen molar-refractivity contribution in [2.45, 2.75) is 0 Å². The number of amides is 2. The van der Waals surface area contributed by atoms with Crippen LogP contribution >= 0.6 is 24.8 Å². The zero-order valence-corrected chi connectivity index (χ0v) is 10.2. The minimum atomic E-state index is -0.362. The zero-order valence-electron chi connectivity index (χ0n) is 8.53. The van der Waals surface area contributed by atoms with Crippen LogP contribution in [0, 0.1) is 0 Å². The van der Waals surface area contributed by atoms with E-state index >= 15 is 0 Å². The first-order chi connectivity index (χ1) is 7.22. The van der Waals surface area contributed by atoms with Crippen molar-refractivity contribution >= 4 is 48.6 Å². The molecule has 0 atom stereocenters. The summed E-state index contributed by atoms with van der Waals surface area (Å²) < 4.78 is 0. The molecule has 1 aliphatic heterocycles. The summed E-state index contributed by atoms with van der Waals surface area (Å²) in [6, 6.07) is 6.24. The van der Waals surface area contributed by atoms with Crippen LogP contribution in [-0.2, 0) is 9.59 Å². The lowest BCUT2D eigenvalue weighted by molar-refractivity contribution is -0.119. The Morgan fingerprint density at radius 2 is 1.35 bits per heavy atom. The highest BCUT2D eigenvalue weighted by Gasteiger charge is 2.24. The molecule has 0 fully saturated rings. The van der Waals surface area contributed by atoms with E-state index in [0.29, 0.717) is 17.5 Å². The third-order valence-electron chi connectivity index (χ3n) is 2.10. The van der Waals surface area contributed by atoms with Crippen LogP contribution in [0.2, 0.25) is 0 Å². The molecule has 1 aromatic carbocycles. The van der Waals surface area contributed by atoms with Crippen LogP contribution in [0.15, 0.2) is 36.4 Å². The van der Waals surface area contributed by atoms with Crippen molar-refractivity contribution < 1.29 is 14.4 Å². The van der Waals surface area contributed by atoms with Crippen molar-refractivity contribution in [3.8, 4) is 0 Å². The lowest BCUT2D eigenvalue weighted by atomic mass is 10.2. The fraction of sp³-hybridized carbons (Fsp3) is 0. The molecular formula is C11H9Cl2NO3. The van der Waals surface area contributed by atoms with Gasteiger partial charge in [0.25, 0.3) is 11.8 Å². The largest absolute Gasteiger partial charge is 0.298 e. The molecule has 1 aromatic rings. The molecule has 17 heavy (non-hydrogen) atoms. The van der Waals surface area contributed by atoms with Crippen LogP contribution < -0.4 is 4.90 Å². The van der Waals surface area contributed by atoms with Crippen LogP contribution in [0.3, 0.4) is 0 Å². The number of rotatable bonds is 2. The second-order valence-electron chi connectivity index (χ2n) is 3.05. The van der Waals surface area contributed by atoms with E-state index in [9.17, 15) is 14.4 Å². The van der Waals surface area contributed by atoms with Gasteiger partial charge in [0.1, 0.15) is 6.29 Å². The summed E-state index contributed by atoms with van der Waals surface area (Å²) in [5.74, 6) is -0.724. The van der Waals surface area contributed by atoms with Gasteiger partial charge in [-0.2, -0.15) is 0 Å². The first kappa shape index (κ1) is 15.3. The van der Waals surface area contributed by atoms with Gasteiger partial charge in [0, 0.05) is 17.7 Å². The molecule has 0 saturated heterocycles. The maximum atomic E-state index is 11.3. The molecular weight excluding hydrogens is 265 g/mol. The van der Waals surface area contributed by atoms with Gasteiger partial charge in [-0.05, 0) is 24.3 Å². The Labute approximate surface area is 110 Å². The van der Waals surface area contributed by atoms with Gasteiger partial charge in [-0.3, -0.25) is 14.4 Å². The lowest BCUT2D eigenvalue weighted by Crippen LogP contribution is -2.29. The summed E-state index contributed by atoms with van der Waals surface area (Å²) in [5.41, 5.74) is 0.978. The van der Waals surface area contributed by atoms with Gasteiger partial charge in [0.05, 0.1) is 5.69 Å². The molecule has 0 spiro atoms. The SMILES string of the molecule is Cl.Cl.O=Cc1ccc(N2C(=O)C=CC2=O)cc1. The van der Waals surface area contributed by atoms with Crippen LogP contribution in [0.25, 0.3) is 0 Å².